The van der Waals surface area contributed by atoms with Gasteiger partial charge >= 0.3 is 0 Å². The van der Waals surface area contributed by atoms with Crippen LogP contribution in [-0.2, 0) is 6.54 Å². The van der Waals surface area contributed by atoms with Gasteiger partial charge in [0.25, 0.3) is 0 Å². The lowest BCUT2D eigenvalue weighted by atomic mass is 10.1. The van der Waals surface area contributed by atoms with E-state index in [0.717, 1.165) is 25.2 Å². The van der Waals surface area contributed by atoms with Crippen LogP contribution in [0.4, 0.5) is 0 Å². The summed E-state index contributed by atoms with van der Waals surface area (Å²) < 4.78 is 5.81. The SMILES string of the molecule is CCCCCCC(C)Oc1cncc(CNCC)n1. The molecule has 1 heterocycles. The molecule has 0 bridgehead atoms. The minimum Gasteiger partial charge on any atom is -0.474 e. The van der Waals surface area contributed by atoms with E-state index in [1.54, 1.807) is 12.4 Å². The molecular formula is C15H27N3O. The van der Waals surface area contributed by atoms with Gasteiger partial charge in [0.05, 0.1) is 18.0 Å². The van der Waals surface area contributed by atoms with Crippen LogP contribution in [0.1, 0.15) is 58.6 Å². The molecule has 0 aliphatic carbocycles. The van der Waals surface area contributed by atoms with Crippen molar-refractivity contribution in [2.45, 2.75) is 65.5 Å². The Morgan fingerprint density at radius 1 is 1.21 bits per heavy atom. The van der Waals surface area contributed by atoms with Crippen molar-refractivity contribution < 1.29 is 4.74 Å². The number of unbranched alkanes of at least 4 members (excludes halogenated alkanes) is 3. The first kappa shape index (κ1) is 15.9. The number of rotatable bonds is 10. The van der Waals surface area contributed by atoms with Crippen LogP contribution in [0.15, 0.2) is 12.4 Å². The Bertz CT molecular complexity index is 344. The molecule has 1 aromatic heterocycles. The quantitative estimate of drug-likeness (QED) is 0.659. The lowest BCUT2D eigenvalue weighted by Gasteiger charge is -2.14. The average Bonchev–Trinajstić information content (AvgIpc) is 2.42. The van der Waals surface area contributed by atoms with Gasteiger partial charge in [-0.3, -0.25) is 4.98 Å². The lowest BCUT2D eigenvalue weighted by Crippen LogP contribution is -2.16. The smallest absolute Gasteiger partial charge is 0.232 e. The number of hydrogen-bond donors (Lipinski definition) is 1. The highest BCUT2D eigenvalue weighted by molar-refractivity contribution is 5.08. The molecule has 108 valence electrons. The van der Waals surface area contributed by atoms with Gasteiger partial charge in [-0.2, -0.15) is 0 Å². The van der Waals surface area contributed by atoms with Crippen LogP contribution < -0.4 is 10.1 Å². The molecule has 0 saturated heterocycles. The van der Waals surface area contributed by atoms with Gasteiger partial charge in [-0.15, -0.1) is 0 Å². The average molecular weight is 265 g/mol. The Morgan fingerprint density at radius 2 is 2.05 bits per heavy atom. The molecule has 0 radical (unpaired) electrons. The summed E-state index contributed by atoms with van der Waals surface area (Å²) >= 11 is 0. The van der Waals surface area contributed by atoms with Gasteiger partial charge < -0.3 is 10.1 Å². The molecule has 1 unspecified atom stereocenters. The first-order valence-corrected chi connectivity index (χ1v) is 7.44. The molecule has 0 amide bonds. The third-order valence-corrected chi connectivity index (χ3v) is 3.00. The van der Waals surface area contributed by atoms with Crippen molar-refractivity contribution in [3.63, 3.8) is 0 Å². The first-order valence-electron chi connectivity index (χ1n) is 7.44. The zero-order chi connectivity index (χ0) is 13.9. The summed E-state index contributed by atoms with van der Waals surface area (Å²) in [5.74, 6) is 0.637. The van der Waals surface area contributed by atoms with E-state index in [1.165, 1.54) is 25.7 Å². The highest BCUT2D eigenvalue weighted by Crippen LogP contribution is 2.12. The van der Waals surface area contributed by atoms with Gasteiger partial charge in [0.2, 0.25) is 5.88 Å². The molecule has 0 spiro atoms. The summed E-state index contributed by atoms with van der Waals surface area (Å²) in [5.41, 5.74) is 0.928. The van der Waals surface area contributed by atoms with Crippen LogP contribution in [0.2, 0.25) is 0 Å². The van der Waals surface area contributed by atoms with Crippen molar-refractivity contribution in [3.05, 3.63) is 18.1 Å². The number of nitrogens with zero attached hydrogens (tertiary/aromatic N) is 2. The molecule has 4 nitrogen and oxygen atoms in total. The van der Waals surface area contributed by atoms with E-state index in [9.17, 15) is 0 Å². The fourth-order valence-electron chi connectivity index (χ4n) is 1.90. The van der Waals surface area contributed by atoms with Crippen molar-refractivity contribution >= 4 is 0 Å². The molecule has 0 aliphatic heterocycles. The highest BCUT2D eigenvalue weighted by atomic mass is 16.5. The Labute approximate surface area is 117 Å². The Balaban J connectivity index is 2.34. The van der Waals surface area contributed by atoms with Crippen LogP contribution >= 0.6 is 0 Å². The van der Waals surface area contributed by atoms with Gasteiger partial charge in [0.1, 0.15) is 0 Å². The van der Waals surface area contributed by atoms with Crippen molar-refractivity contribution in [1.82, 2.24) is 15.3 Å². The zero-order valence-corrected chi connectivity index (χ0v) is 12.5. The summed E-state index contributed by atoms with van der Waals surface area (Å²) in [5, 5.41) is 3.24. The fourth-order valence-corrected chi connectivity index (χ4v) is 1.90. The van der Waals surface area contributed by atoms with Crippen LogP contribution in [0.5, 0.6) is 5.88 Å². The second kappa shape index (κ2) is 9.73. The minimum absolute atomic E-state index is 0.209. The first-order chi connectivity index (χ1) is 9.26. The Morgan fingerprint density at radius 3 is 2.79 bits per heavy atom. The molecule has 0 aromatic carbocycles. The van der Waals surface area contributed by atoms with Crippen molar-refractivity contribution in [1.29, 1.82) is 0 Å². The van der Waals surface area contributed by atoms with Gasteiger partial charge in [0.15, 0.2) is 0 Å². The summed E-state index contributed by atoms with van der Waals surface area (Å²) in [7, 11) is 0. The Kier molecular flexibility index (Phi) is 8.14. The van der Waals surface area contributed by atoms with E-state index < -0.39 is 0 Å². The Hall–Kier alpha value is -1.16. The zero-order valence-electron chi connectivity index (χ0n) is 12.5. The standard InChI is InChI=1S/C15H27N3O/c1-4-6-7-8-9-13(3)19-15-12-17-11-14(18-15)10-16-5-2/h11-13,16H,4-10H2,1-3H3. The molecule has 1 atom stereocenters. The fraction of sp³-hybridized carbons (Fsp3) is 0.733. The summed E-state index contributed by atoms with van der Waals surface area (Å²) in [4.78, 5) is 8.62. The van der Waals surface area contributed by atoms with Crippen LogP contribution in [0, 0.1) is 0 Å². The largest absolute Gasteiger partial charge is 0.474 e. The van der Waals surface area contributed by atoms with Gasteiger partial charge in [-0.05, 0) is 26.3 Å². The lowest BCUT2D eigenvalue weighted by molar-refractivity contribution is 0.196. The molecule has 4 heteroatoms. The van der Waals surface area contributed by atoms with E-state index in [-0.39, 0.29) is 6.10 Å². The van der Waals surface area contributed by atoms with Crippen molar-refractivity contribution in [3.8, 4) is 5.88 Å². The molecule has 0 fully saturated rings. The topological polar surface area (TPSA) is 47.0 Å². The van der Waals surface area contributed by atoms with Crippen LogP contribution in [0.3, 0.4) is 0 Å². The number of hydrogen-bond acceptors (Lipinski definition) is 4. The predicted octanol–water partition coefficient (Wildman–Crippen LogP) is 3.32. The molecule has 1 N–H and O–H groups in total. The van der Waals surface area contributed by atoms with Gasteiger partial charge in [-0.25, -0.2) is 4.98 Å². The third kappa shape index (κ3) is 7.11. The third-order valence-electron chi connectivity index (χ3n) is 3.00. The minimum atomic E-state index is 0.209. The molecular weight excluding hydrogens is 238 g/mol. The summed E-state index contributed by atoms with van der Waals surface area (Å²) in [6.07, 6.45) is 9.85. The van der Waals surface area contributed by atoms with Gasteiger partial charge in [-0.1, -0.05) is 33.1 Å². The molecule has 1 aromatic rings. The molecule has 0 aliphatic rings. The molecule has 19 heavy (non-hydrogen) atoms. The monoisotopic (exact) mass is 265 g/mol. The van der Waals surface area contributed by atoms with E-state index in [2.05, 4.69) is 36.1 Å². The van der Waals surface area contributed by atoms with Crippen LogP contribution in [0.25, 0.3) is 0 Å². The maximum Gasteiger partial charge on any atom is 0.232 e. The van der Waals surface area contributed by atoms with E-state index in [4.69, 9.17) is 4.74 Å². The highest BCUT2D eigenvalue weighted by Gasteiger charge is 2.06. The van der Waals surface area contributed by atoms with Crippen molar-refractivity contribution in [2.24, 2.45) is 0 Å². The summed E-state index contributed by atoms with van der Waals surface area (Å²) in [6, 6.07) is 0. The second-order valence-corrected chi connectivity index (χ2v) is 4.91. The second-order valence-electron chi connectivity index (χ2n) is 4.91. The van der Waals surface area contributed by atoms with E-state index in [1.807, 2.05) is 0 Å². The van der Waals surface area contributed by atoms with E-state index in [0.29, 0.717) is 5.88 Å². The normalized spacial score (nSPS) is 12.4. The van der Waals surface area contributed by atoms with Crippen LogP contribution in [-0.4, -0.2) is 22.6 Å². The molecule has 0 saturated carbocycles. The molecule has 1 rings (SSSR count). The predicted molar refractivity (Wildman–Crippen MR) is 78.3 cm³/mol. The van der Waals surface area contributed by atoms with Crippen molar-refractivity contribution in [2.75, 3.05) is 6.54 Å². The number of nitrogens with one attached hydrogen (secondary N) is 1. The maximum absolute atomic E-state index is 5.81. The van der Waals surface area contributed by atoms with Gasteiger partial charge in [0, 0.05) is 12.7 Å². The maximum atomic E-state index is 5.81. The van der Waals surface area contributed by atoms with E-state index >= 15 is 0 Å². The number of aromatic nitrogens is 2. The summed E-state index contributed by atoms with van der Waals surface area (Å²) in [6.45, 7) is 8.08. The number of ether oxygens (including phenoxy) is 1.